The van der Waals surface area contributed by atoms with Gasteiger partial charge < -0.3 is 16.0 Å². The minimum Gasteiger partial charge on any atom is -0.367 e. The van der Waals surface area contributed by atoms with Crippen LogP contribution in [-0.4, -0.2) is 44.1 Å². The molecule has 37 heavy (non-hydrogen) atoms. The van der Waals surface area contributed by atoms with Gasteiger partial charge in [0, 0.05) is 34.9 Å². The smallest absolute Gasteiger partial charge is 0.217 e. The molecule has 5 heterocycles. The zero-order valence-corrected chi connectivity index (χ0v) is 21.2. The first kappa shape index (κ1) is 23.7. The molecule has 8 nitrogen and oxygen atoms in total. The van der Waals surface area contributed by atoms with Crippen molar-refractivity contribution in [2.24, 2.45) is 0 Å². The maximum Gasteiger partial charge on any atom is 0.217 e. The lowest BCUT2D eigenvalue weighted by atomic mass is 9.79. The summed E-state index contributed by atoms with van der Waals surface area (Å²) in [6.07, 6.45) is 11.2. The maximum absolute atomic E-state index is 14.1. The van der Waals surface area contributed by atoms with Crippen LogP contribution in [0.25, 0.3) is 22.3 Å². The summed E-state index contributed by atoms with van der Waals surface area (Å²) < 4.78 is 14.1. The van der Waals surface area contributed by atoms with Crippen LogP contribution in [0.5, 0.6) is 0 Å². The van der Waals surface area contributed by atoms with Crippen LogP contribution in [0.15, 0.2) is 36.8 Å². The second kappa shape index (κ2) is 9.97. The number of nitrogens with one attached hydrogen (secondary N) is 3. The summed E-state index contributed by atoms with van der Waals surface area (Å²) in [7, 11) is 0. The number of pyridine rings is 3. The summed E-state index contributed by atoms with van der Waals surface area (Å²) >= 11 is 0. The van der Waals surface area contributed by atoms with Gasteiger partial charge in [-0.15, -0.1) is 0 Å². The normalized spacial score (nSPS) is 16.5. The average molecular weight is 499 g/mol. The molecule has 0 bridgehead atoms. The van der Waals surface area contributed by atoms with Crippen LogP contribution in [0.1, 0.15) is 54.7 Å². The molecule has 0 radical (unpaired) electrons. The second-order valence-electron chi connectivity index (χ2n) is 10.1. The minimum absolute atomic E-state index is 0.356. The van der Waals surface area contributed by atoms with E-state index in [1.54, 1.807) is 19.2 Å². The fourth-order valence-electron chi connectivity index (χ4n) is 5.14. The SMILES string of the molecule is Cc1cc(C)c(Nc2cc(-c3nc(NC4CCNCC4)c4c(C5CCC5)cncc4n3)ccn2)nc1F. The standard InChI is InChI=1S/C28H31FN8/c1-16-12-17(2)26(36-25(16)29)35-23-13-19(6-11-32-23)27-34-22-15-31-14-21(18-4-3-5-18)24(22)28(37-27)33-20-7-9-30-10-8-20/h6,11-15,18,20,30H,3-5,7-10H2,1-2H3,(H,32,35,36)(H,33,34,37). The molecule has 190 valence electrons. The lowest BCUT2D eigenvalue weighted by Crippen LogP contribution is -2.35. The summed E-state index contributed by atoms with van der Waals surface area (Å²) in [6.45, 7) is 5.59. The van der Waals surface area contributed by atoms with Crippen LogP contribution in [0.4, 0.5) is 21.8 Å². The van der Waals surface area contributed by atoms with Crippen molar-refractivity contribution in [1.82, 2.24) is 30.2 Å². The Kier molecular flexibility index (Phi) is 6.38. The van der Waals surface area contributed by atoms with E-state index in [1.807, 2.05) is 31.5 Å². The van der Waals surface area contributed by atoms with Crippen LogP contribution < -0.4 is 16.0 Å². The third-order valence-electron chi connectivity index (χ3n) is 7.47. The summed E-state index contributed by atoms with van der Waals surface area (Å²) in [6, 6.07) is 5.89. The molecule has 1 saturated heterocycles. The molecule has 2 fully saturated rings. The van der Waals surface area contributed by atoms with Gasteiger partial charge in [0.15, 0.2) is 5.82 Å². The molecule has 0 amide bonds. The van der Waals surface area contributed by atoms with Gasteiger partial charge in [-0.1, -0.05) is 6.42 Å². The number of hydrogen-bond acceptors (Lipinski definition) is 8. The fourth-order valence-corrected chi connectivity index (χ4v) is 5.14. The Morgan fingerprint density at radius 1 is 0.946 bits per heavy atom. The number of fused-ring (bicyclic) bond motifs is 1. The Labute approximate surface area is 215 Å². The van der Waals surface area contributed by atoms with Crippen molar-refractivity contribution in [3.05, 3.63) is 59.4 Å². The van der Waals surface area contributed by atoms with Gasteiger partial charge in [0.2, 0.25) is 5.95 Å². The monoisotopic (exact) mass is 498 g/mol. The number of rotatable bonds is 6. The second-order valence-corrected chi connectivity index (χ2v) is 10.1. The van der Waals surface area contributed by atoms with Gasteiger partial charge >= 0.3 is 0 Å². The lowest BCUT2D eigenvalue weighted by molar-refractivity contribution is 0.421. The number of nitrogens with zero attached hydrogens (tertiary/aromatic N) is 5. The van der Waals surface area contributed by atoms with Crippen LogP contribution in [0, 0.1) is 19.8 Å². The number of anilines is 3. The van der Waals surface area contributed by atoms with Crippen molar-refractivity contribution in [2.75, 3.05) is 23.7 Å². The Morgan fingerprint density at radius 3 is 2.57 bits per heavy atom. The molecule has 1 aliphatic heterocycles. The van der Waals surface area contributed by atoms with Crippen LogP contribution in [-0.2, 0) is 0 Å². The molecular formula is C28H31FN8. The number of aryl methyl sites for hydroxylation is 2. The van der Waals surface area contributed by atoms with Crippen molar-refractivity contribution >= 4 is 28.4 Å². The predicted octanol–water partition coefficient (Wildman–Crippen LogP) is 5.41. The highest BCUT2D eigenvalue weighted by atomic mass is 19.1. The van der Waals surface area contributed by atoms with E-state index in [9.17, 15) is 4.39 Å². The molecule has 2 aliphatic rings. The molecule has 3 N–H and O–H groups in total. The van der Waals surface area contributed by atoms with E-state index in [-0.39, 0.29) is 0 Å². The molecule has 4 aromatic rings. The summed E-state index contributed by atoms with van der Waals surface area (Å²) in [5, 5.41) is 11.4. The Bertz CT molecular complexity index is 1450. The molecule has 1 saturated carbocycles. The van der Waals surface area contributed by atoms with Gasteiger partial charge in [-0.3, -0.25) is 4.98 Å². The minimum atomic E-state index is -0.495. The molecule has 0 unspecified atom stereocenters. The van der Waals surface area contributed by atoms with E-state index in [0.29, 0.717) is 35.0 Å². The molecule has 6 rings (SSSR count). The molecule has 0 spiro atoms. The first-order valence-corrected chi connectivity index (χ1v) is 13.1. The van der Waals surface area contributed by atoms with Gasteiger partial charge in [-0.2, -0.15) is 4.39 Å². The van der Waals surface area contributed by atoms with E-state index in [1.165, 1.54) is 24.8 Å². The Morgan fingerprint density at radius 2 is 1.78 bits per heavy atom. The number of halogens is 1. The highest BCUT2D eigenvalue weighted by Crippen LogP contribution is 2.41. The highest BCUT2D eigenvalue weighted by Gasteiger charge is 2.25. The van der Waals surface area contributed by atoms with Gasteiger partial charge in [-0.25, -0.2) is 19.9 Å². The summed E-state index contributed by atoms with van der Waals surface area (Å²) in [5.74, 6) is 2.48. The van der Waals surface area contributed by atoms with Crippen molar-refractivity contribution < 1.29 is 4.39 Å². The number of piperidine rings is 1. The third kappa shape index (κ3) is 4.83. The van der Waals surface area contributed by atoms with Crippen molar-refractivity contribution in [2.45, 2.75) is 57.9 Å². The zero-order valence-electron chi connectivity index (χ0n) is 21.2. The first-order valence-electron chi connectivity index (χ1n) is 13.1. The Hall–Kier alpha value is -3.72. The van der Waals surface area contributed by atoms with E-state index >= 15 is 0 Å². The maximum atomic E-state index is 14.1. The van der Waals surface area contributed by atoms with Crippen LogP contribution in [0.3, 0.4) is 0 Å². The number of hydrogen-bond donors (Lipinski definition) is 3. The average Bonchev–Trinajstić information content (AvgIpc) is 2.87. The first-order chi connectivity index (χ1) is 18.0. The zero-order chi connectivity index (χ0) is 25.4. The van der Waals surface area contributed by atoms with Crippen molar-refractivity contribution in [3.63, 3.8) is 0 Å². The van der Waals surface area contributed by atoms with Gasteiger partial charge in [0.05, 0.1) is 11.7 Å². The Balaban J connectivity index is 1.40. The summed E-state index contributed by atoms with van der Waals surface area (Å²) in [5.41, 5.74) is 4.25. The molecule has 0 atom stereocenters. The fraction of sp³-hybridized carbons (Fsp3) is 0.393. The van der Waals surface area contributed by atoms with E-state index in [0.717, 1.165) is 53.8 Å². The molecular weight excluding hydrogens is 467 g/mol. The van der Waals surface area contributed by atoms with Crippen LogP contribution in [0.2, 0.25) is 0 Å². The third-order valence-corrected chi connectivity index (χ3v) is 7.47. The van der Waals surface area contributed by atoms with Crippen molar-refractivity contribution in [1.29, 1.82) is 0 Å². The van der Waals surface area contributed by atoms with Gasteiger partial charge in [-0.05, 0) is 87.9 Å². The molecule has 4 aromatic heterocycles. The number of aromatic nitrogens is 5. The molecule has 1 aliphatic carbocycles. The highest BCUT2D eigenvalue weighted by molar-refractivity contribution is 5.93. The van der Waals surface area contributed by atoms with Gasteiger partial charge in [0.25, 0.3) is 0 Å². The van der Waals surface area contributed by atoms with Crippen molar-refractivity contribution in [3.8, 4) is 11.4 Å². The topological polar surface area (TPSA) is 101 Å². The summed E-state index contributed by atoms with van der Waals surface area (Å²) in [4.78, 5) is 23.0. The quantitative estimate of drug-likeness (QED) is 0.303. The lowest BCUT2D eigenvalue weighted by Gasteiger charge is -2.29. The largest absolute Gasteiger partial charge is 0.367 e. The molecule has 0 aromatic carbocycles. The molecule has 9 heteroatoms. The van der Waals surface area contributed by atoms with E-state index < -0.39 is 5.95 Å². The predicted molar refractivity (Wildman–Crippen MR) is 144 cm³/mol. The van der Waals surface area contributed by atoms with E-state index in [2.05, 4.69) is 30.9 Å². The van der Waals surface area contributed by atoms with E-state index in [4.69, 9.17) is 9.97 Å². The van der Waals surface area contributed by atoms with Crippen LogP contribution >= 0.6 is 0 Å². The van der Waals surface area contributed by atoms with Gasteiger partial charge in [0.1, 0.15) is 17.5 Å².